The highest BCUT2D eigenvalue weighted by atomic mass is 35.5. The van der Waals surface area contributed by atoms with Crippen LogP contribution in [0.2, 0.25) is 5.02 Å². The van der Waals surface area contributed by atoms with Crippen LogP contribution in [0.15, 0.2) is 18.5 Å². The van der Waals surface area contributed by atoms with Gasteiger partial charge in [-0.05, 0) is 26.8 Å². The Morgan fingerprint density at radius 2 is 2.20 bits per heavy atom. The zero-order valence-corrected chi connectivity index (χ0v) is 9.63. The summed E-state index contributed by atoms with van der Waals surface area (Å²) >= 11 is 5.79. The minimum atomic E-state index is -0.435. The smallest absolute Gasteiger partial charge is 0.268 e. The molecule has 0 atom stereocenters. The van der Waals surface area contributed by atoms with Gasteiger partial charge < -0.3 is 0 Å². The number of amides is 1. The summed E-state index contributed by atoms with van der Waals surface area (Å²) in [5, 5.41) is 0.299. The molecule has 0 unspecified atom stereocenters. The van der Waals surface area contributed by atoms with E-state index in [0.717, 1.165) is 0 Å². The Kier molecular flexibility index (Phi) is 3.66. The molecule has 15 heavy (non-hydrogen) atoms. The SMILES string of the molecule is CC(C)(C)ONC(=O)c1ccncc1Cl. The van der Waals surface area contributed by atoms with Gasteiger partial charge in [0.15, 0.2) is 0 Å². The van der Waals surface area contributed by atoms with Crippen LogP contribution >= 0.6 is 11.6 Å². The molecule has 82 valence electrons. The Balaban J connectivity index is 2.66. The second-order valence-corrected chi connectivity index (χ2v) is 4.41. The summed E-state index contributed by atoms with van der Waals surface area (Å²) < 4.78 is 0. The van der Waals surface area contributed by atoms with Crippen molar-refractivity contribution in [2.75, 3.05) is 0 Å². The molecule has 0 saturated heterocycles. The van der Waals surface area contributed by atoms with E-state index < -0.39 is 5.60 Å². The van der Waals surface area contributed by atoms with E-state index in [4.69, 9.17) is 16.4 Å². The maximum absolute atomic E-state index is 11.6. The van der Waals surface area contributed by atoms with Crippen LogP contribution in [0.3, 0.4) is 0 Å². The molecule has 0 fully saturated rings. The number of pyridine rings is 1. The van der Waals surface area contributed by atoms with Crippen molar-refractivity contribution in [1.82, 2.24) is 10.5 Å². The Labute approximate surface area is 93.6 Å². The lowest BCUT2D eigenvalue weighted by Crippen LogP contribution is -2.33. The van der Waals surface area contributed by atoms with Gasteiger partial charge in [0.1, 0.15) is 0 Å². The highest BCUT2D eigenvalue weighted by Crippen LogP contribution is 2.13. The summed E-state index contributed by atoms with van der Waals surface area (Å²) in [4.78, 5) is 20.5. The molecule has 0 bridgehead atoms. The van der Waals surface area contributed by atoms with Crippen LogP contribution in [0.25, 0.3) is 0 Å². The first-order valence-electron chi connectivity index (χ1n) is 4.48. The van der Waals surface area contributed by atoms with Crippen LogP contribution in [-0.4, -0.2) is 16.5 Å². The first-order chi connectivity index (χ1) is 6.90. The Morgan fingerprint density at radius 1 is 1.53 bits per heavy atom. The predicted octanol–water partition coefficient (Wildman–Crippen LogP) is 2.19. The number of nitrogens with zero attached hydrogens (tertiary/aromatic N) is 1. The fourth-order valence-corrected chi connectivity index (χ4v) is 1.02. The summed E-state index contributed by atoms with van der Waals surface area (Å²) in [7, 11) is 0. The number of carbonyl (C=O) groups is 1. The maximum atomic E-state index is 11.6. The lowest BCUT2D eigenvalue weighted by molar-refractivity contribution is -0.0589. The summed E-state index contributed by atoms with van der Waals surface area (Å²) in [5.41, 5.74) is 2.24. The highest BCUT2D eigenvalue weighted by molar-refractivity contribution is 6.33. The quantitative estimate of drug-likeness (QED) is 0.790. The van der Waals surface area contributed by atoms with Crippen molar-refractivity contribution in [2.45, 2.75) is 26.4 Å². The molecule has 4 nitrogen and oxygen atoms in total. The molecular weight excluding hydrogens is 216 g/mol. The van der Waals surface area contributed by atoms with Gasteiger partial charge in [-0.3, -0.25) is 14.6 Å². The van der Waals surface area contributed by atoms with Gasteiger partial charge in [0, 0.05) is 12.4 Å². The Morgan fingerprint density at radius 3 is 2.73 bits per heavy atom. The molecule has 0 aromatic carbocycles. The van der Waals surface area contributed by atoms with E-state index in [2.05, 4.69) is 10.5 Å². The molecule has 5 heteroatoms. The molecule has 1 heterocycles. The third-order valence-electron chi connectivity index (χ3n) is 1.47. The summed E-state index contributed by atoms with van der Waals surface area (Å²) in [6, 6.07) is 1.53. The standard InChI is InChI=1S/C10H13ClN2O2/c1-10(2,3)15-13-9(14)7-4-5-12-6-8(7)11/h4-6H,1-3H3,(H,13,14). The molecule has 0 saturated carbocycles. The molecule has 1 N–H and O–H groups in total. The fraction of sp³-hybridized carbons (Fsp3) is 0.400. The average molecular weight is 229 g/mol. The third-order valence-corrected chi connectivity index (χ3v) is 1.77. The van der Waals surface area contributed by atoms with Crippen molar-refractivity contribution in [2.24, 2.45) is 0 Å². The Bertz CT molecular complexity index is 361. The Hall–Kier alpha value is -1.13. The highest BCUT2D eigenvalue weighted by Gasteiger charge is 2.15. The van der Waals surface area contributed by atoms with E-state index in [1.54, 1.807) is 0 Å². The first-order valence-corrected chi connectivity index (χ1v) is 4.86. The fourth-order valence-electron chi connectivity index (χ4n) is 0.814. The summed E-state index contributed by atoms with van der Waals surface area (Å²) in [6.07, 6.45) is 2.91. The van der Waals surface area contributed by atoms with Crippen molar-refractivity contribution >= 4 is 17.5 Å². The number of nitrogens with one attached hydrogen (secondary N) is 1. The lowest BCUT2D eigenvalue weighted by atomic mass is 10.2. The molecule has 1 aromatic heterocycles. The van der Waals surface area contributed by atoms with Gasteiger partial charge in [-0.25, -0.2) is 5.48 Å². The van der Waals surface area contributed by atoms with Crippen molar-refractivity contribution in [3.05, 3.63) is 29.0 Å². The van der Waals surface area contributed by atoms with E-state index in [1.807, 2.05) is 20.8 Å². The van der Waals surface area contributed by atoms with Gasteiger partial charge in [0.25, 0.3) is 5.91 Å². The van der Waals surface area contributed by atoms with Crippen LogP contribution in [0.1, 0.15) is 31.1 Å². The van der Waals surface area contributed by atoms with Gasteiger partial charge in [0.2, 0.25) is 0 Å². The number of hydroxylamine groups is 1. The van der Waals surface area contributed by atoms with Crippen molar-refractivity contribution in [1.29, 1.82) is 0 Å². The zero-order valence-electron chi connectivity index (χ0n) is 8.87. The number of rotatable bonds is 2. The topological polar surface area (TPSA) is 51.2 Å². The van der Waals surface area contributed by atoms with Crippen molar-refractivity contribution in [3.63, 3.8) is 0 Å². The first kappa shape index (κ1) is 11.9. The predicted molar refractivity (Wildman–Crippen MR) is 57.6 cm³/mol. The van der Waals surface area contributed by atoms with Crippen molar-refractivity contribution in [3.8, 4) is 0 Å². The minimum absolute atomic E-state index is 0.299. The lowest BCUT2D eigenvalue weighted by Gasteiger charge is -2.19. The molecule has 1 aromatic rings. The van der Waals surface area contributed by atoms with E-state index in [9.17, 15) is 4.79 Å². The van der Waals surface area contributed by atoms with Crippen LogP contribution in [0, 0.1) is 0 Å². The number of hydrogen-bond donors (Lipinski definition) is 1. The monoisotopic (exact) mass is 228 g/mol. The van der Waals surface area contributed by atoms with E-state index >= 15 is 0 Å². The van der Waals surface area contributed by atoms with Crippen LogP contribution in [-0.2, 0) is 4.84 Å². The molecule has 1 rings (SSSR count). The molecule has 0 aliphatic rings. The van der Waals surface area contributed by atoms with Gasteiger partial charge >= 0.3 is 0 Å². The average Bonchev–Trinajstić information content (AvgIpc) is 2.14. The maximum Gasteiger partial charge on any atom is 0.276 e. The third kappa shape index (κ3) is 3.85. The zero-order chi connectivity index (χ0) is 11.5. The largest absolute Gasteiger partial charge is 0.276 e. The molecule has 0 radical (unpaired) electrons. The molecule has 0 aliphatic carbocycles. The van der Waals surface area contributed by atoms with Gasteiger partial charge in [0.05, 0.1) is 16.2 Å². The summed E-state index contributed by atoms with van der Waals surface area (Å²) in [5.74, 6) is -0.377. The molecule has 0 spiro atoms. The number of halogens is 1. The van der Waals surface area contributed by atoms with Crippen molar-refractivity contribution < 1.29 is 9.63 Å². The number of hydrogen-bond acceptors (Lipinski definition) is 3. The normalized spacial score (nSPS) is 11.2. The van der Waals surface area contributed by atoms with E-state index in [-0.39, 0.29) is 5.91 Å². The molecular formula is C10H13ClN2O2. The summed E-state index contributed by atoms with van der Waals surface area (Å²) in [6.45, 7) is 5.50. The van der Waals surface area contributed by atoms with Gasteiger partial charge in [-0.1, -0.05) is 11.6 Å². The number of aromatic nitrogens is 1. The van der Waals surface area contributed by atoms with E-state index in [0.29, 0.717) is 10.6 Å². The van der Waals surface area contributed by atoms with E-state index in [1.165, 1.54) is 18.5 Å². The van der Waals surface area contributed by atoms with Gasteiger partial charge in [-0.2, -0.15) is 0 Å². The van der Waals surface area contributed by atoms with Crippen LogP contribution < -0.4 is 5.48 Å². The number of carbonyl (C=O) groups excluding carboxylic acids is 1. The second kappa shape index (κ2) is 4.59. The van der Waals surface area contributed by atoms with Crippen LogP contribution in [0.5, 0.6) is 0 Å². The minimum Gasteiger partial charge on any atom is -0.268 e. The molecule has 0 aliphatic heterocycles. The van der Waals surface area contributed by atoms with Gasteiger partial charge in [-0.15, -0.1) is 0 Å². The molecule has 1 amide bonds. The second-order valence-electron chi connectivity index (χ2n) is 4.00. The van der Waals surface area contributed by atoms with Crippen LogP contribution in [0.4, 0.5) is 0 Å².